The van der Waals surface area contributed by atoms with Gasteiger partial charge >= 0.3 is 0 Å². The lowest BCUT2D eigenvalue weighted by molar-refractivity contribution is -0.129. The van der Waals surface area contributed by atoms with E-state index in [1.54, 1.807) is 6.26 Å². The van der Waals surface area contributed by atoms with Crippen molar-refractivity contribution < 1.29 is 9.21 Å². The minimum Gasteiger partial charge on any atom is -0.467 e. The molecule has 1 saturated heterocycles. The van der Waals surface area contributed by atoms with Crippen molar-refractivity contribution in [2.75, 3.05) is 6.54 Å². The maximum atomic E-state index is 11.9. The van der Waals surface area contributed by atoms with Gasteiger partial charge in [-0.3, -0.25) is 4.79 Å². The van der Waals surface area contributed by atoms with Crippen LogP contribution in [0.25, 0.3) is 0 Å². The highest BCUT2D eigenvalue weighted by Crippen LogP contribution is 2.34. The number of nitrogens with zero attached hydrogens (tertiary/aromatic N) is 1. The van der Waals surface area contributed by atoms with Crippen molar-refractivity contribution in [3.63, 3.8) is 0 Å². The van der Waals surface area contributed by atoms with Crippen molar-refractivity contribution in [3.8, 4) is 0 Å². The first kappa shape index (κ1) is 12.2. The third-order valence-corrected chi connectivity index (χ3v) is 3.20. The van der Waals surface area contributed by atoms with Gasteiger partial charge in [0.2, 0.25) is 5.91 Å². The van der Waals surface area contributed by atoms with Gasteiger partial charge in [-0.2, -0.15) is 0 Å². The molecule has 17 heavy (non-hydrogen) atoms. The van der Waals surface area contributed by atoms with Crippen molar-refractivity contribution in [1.29, 1.82) is 0 Å². The van der Waals surface area contributed by atoms with E-state index in [1.807, 2.05) is 17.9 Å². The summed E-state index contributed by atoms with van der Waals surface area (Å²) in [5.41, 5.74) is 7.14. The second kappa shape index (κ2) is 4.53. The fourth-order valence-corrected chi connectivity index (χ4v) is 2.45. The van der Waals surface area contributed by atoms with Gasteiger partial charge < -0.3 is 15.1 Å². The van der Waals surface area contributed by atoms with Crippen LogP contribution in [0.5, 0.6) is 0 Å². The summed E-state index contributed by atoms with van der Waals surface area (Å²) in [5.74, 6) is 1.40. The fraction of sp³-hybridized carbons (Fsp3) is 0.615. The van der Waals surface area contributed by atoms with Crippen LogP contribution in [0, 0.1) is 12.8 Å². The number of rotatable bonds is 3. The summed E-state index contributed by atoms with van der Waals surface area (Å²) in [4.78, 5) is 13.8. The highest BCUT2D eigenvalue weighted by atomic mass is 16.3. The van der Waals surface area contributed by atoms with Crippen LogP contribution in [-0.4, -0.2) is 23.4 Å². The Labute approximate surface area is 102 Å². The first-order valence-corrected chi connectivity index (χ1v) is 6.09. The number of hydrogen-bond acceptors (Lipinski definition) is 3. The maximum absolute atomic E-state index is 11.9. The van der Waals surface area contributed by atoms with E-state index in [2.05, 4.69) is 13.8 Å². The fourth-order valence-electron chi connectivity index (χ4n) is 2.45. The Morgan fingerprint density at radius 3 is 2.82 bits per heavy atom. The Morgan fingerprint density at radius 1 is 1.59 bits per heavy atom. The molecule has 94 valence electrons. The molecule has 1 aliphatic heterocycles. The van der Waals surface area contributed by atoms with Gasteiger partial charge in [0.05, 0.1) is 6.26 Å². The molecule has 0 radical (unpaired) electrons. The van der Waals surface area contributed by atoms with Gasteiger partial charge in [-0.05, 0) is 24.5 Å². The molecule has 0 aromatic carbocycles. The zero-order chi connectivity index (χ0) is 12.6. The average molecular weight is 236 g/mol. The van der Waals surface area contributed by atoms with Crippen LogP contribution in [0.15, 0.2) is 16.7 Å². The lowest BCUT2D eigenvalue weighted by atomic mass is 10.0. The van der Waals surface area contributed by atoms with Gasteiger partial charge in [0.15, 0.2) is 0 Å². The van der Waals surface area contributed by atoms with E-state index in [0.29, 0.717) is 12.3 Å². The zero-order valence-corrected chi connectivity index (χ0v) is 10.6. The van der Waals surface area contributed by atoms with E-state index in [-0.39, 0.29) is 18.0 Å². The largest absolute Gasteiger partial charge is 0.467 e. The Hall–Kier alpha value is -1.29. The number of aryl methyl sites for hydroxylation is 1. The summed E-state index contributed by atoms with van der Waals surface area (Å²) in [5, 5.41) is 0. The normalized spacial score (nSPS) is 25.0. The minimum absolute atomic E-state index is 0.0973. The second-order valence-corrected chi connectivity index (χ2v) is 5.22. The number of likely N-dealkylation sites (tertiary alicyclic amines) is 1. The van der Waals surface area contributed by atoms with E-state index in [9.17, 15) is 4.79 Å². The molecule has 2 heterocycles. The van der Waals surface area contributed by atoms with E-state index < -0.39 is 0 Å². The molecular formula is C13H20N2O2. The van der Waals surface area contributed by atoms with Crippen LogP contribution < -0.4 is 5.73 Å². The van der Waals surface area contributed by atoms with Gasteiger partial charge in [-0.25, -0.2) is 0 Å². The number of carbonyl (C=O) groups is 1. The second-order valence-electron chi connectivity index (χ2n) is 5.22. The van der Waals surface area contributed by atoms with Crippen molar-refractivity contribution in [3.05, 3.63) is 23.7 Å². The molecule has 0 aliphatic carbocycles. The van der Waals surface area contributed by atoms with Gasteiger partial charge in [-0.1, -0.05) is 13.8 Å². The lowest BCUT2D eigenvalue weighted by Gasteiger charge is -2.27. The molecule has 1 aromatic heterocycles. The molecule has 4 nitrogen and oxygen atoms in total. The summed E-state index contributed by atoms with van der Waals surface area (Å²) in [6, 6.07) is 1.66. The minimum atomic E-state index is -0.161. The third kappa shape index (κ3) is 2.22. The summed E-state index contributed by atoms with van der Waals surface area (Å²) in [6.07, 6.45) is 2.07. The highest BCUT2D eigenvalue weighted by molar-refractivity contribution is 5.80. The van der Waals surface area contributed by atoms with Crippen LogP contribution in [0.3, 0.4) is 0 Å². The van der Waals surface area contributed by atoms with Crippen molar-refractivity contribution in [2.45, 2.75) is 39.3 Å². The molecule has 1 aliphatic rings. The molecule has 0 spiro atoms. The Balaban J connectivity index is 2.29. The van der Waals surface area contributed by atoms with Crippen molar-refractivity contribution in [2.24, 2.45) is 11.7 Å². The summed E-state index contributed by atoms with van der Waals surface area (Å²) >= 11 is 0. The van der Waals surface area contributed by atoms with Crippen molar-refractivity contribution in [1.82, 2.24) is 4.90 Å². The standard InChI is InChI=1S/C13H20N2O2/c1-8(2)7-15-11(16)6-10(14)12(15)13-9(3)4-5-17-13/h4-5,8,10,12H,6-7,14H2,1-3H3. The van der Waals surface area contributed by atoms with E-state index >= 15 is 0 Å². The zero-order valence-electron chi connectivity index (χ0n) is 10.6. The third-order valence-electron chi connectivity index (χ3n) is 3.20. The molecule has 1 aromatic rings. The molecule has 2 unspecified atom stereocenters. The topological polar surface area (TPSA) is 59.5 Å². The molecule has 0 bridgehead atoms. The van der Waals surface area contributed by atoms with Crippen LogP contribution in [0.4, 0.5) is 0 Å². The molecule has 1 amide bonds. The summed E-state index contributed by atoms with van der Waals surface area (Å²) < 4.78 is 5.50. The predicted octanol–water partition coefficient (Wildman–Crippen LogP) is 1.84. The monoisotopic (exact) mass is 236 g/mol. The Morgan fingerprint density at radius 2 is 2.29 bits per heavy atom. The SMILES string of the molecule is Cc1ccoc1C1C(N)CC(=O)N1CC(C)C. The maximum Gasteiger partial charge on any atom is 0.224 e. The predicted molar refractivity (Wildman–Crippen MR) is 65.3 cm³/mol. The van der Waals surface area contributed by atoms with Gasteiger partial charge in [0.25, 0.3) is 0 Å². The van der Waals surface area contributed by atoms with Crippen LogP contribution in [-0.2, 0) is 4.79 Å². The molecule has 2 rings (SSSR count). The van der Waals surface area contributed by atoms with E-state index in [1.165, 1.54) is 0 Å². The number of carbonyl (C=O) groups excluding carboxylic acids is 1. The number of amides is 1. The quantitative estimate of drug-likeness (QED) is 0.871. The van der Waals surface area contributed by atoms with Gasteiger partial charge in [0.1, 0.15) is 11.8 Å². The smallest absolute Gasteiger partial charge is 0.224 e. The Bertz CT molecular complexity index is 411. The molecular weight excluding hydrogens is 216 g/mol. The van der Waals surface area contributed by atoms with Gasteiger partial charge in [0, 0.05) is 19.0 Å². The molecule has 2 N–H and O–H groups in total. The van der Waals surface area contributed by atoms with Gasteiger partial charge in [-0.15, -0.1) is 0 Å². The molecule has 4 heteroatoms. The van der Waals surface area contributed by atoms with Crippen LogP contribution in [0.2, 0.25) is 0 Å². The van der Waals surface area contributed by atoms with Crippen molar-refractivity contribution >= 4 is 5.91 Å². The summed E-state index contributed by atoms with van der Waals surface area (Å²) in [7, 11) is 0. The number of hydrogen-bond donors (Lipinski definition) is 1. The van der Waals surface area contributed by atoms with Crippen LogP contribution >= 0.6 is 0 Å². The van der Waals surface area contributed by atoms with E-state index in [4.69, 9.17) is 10.2 Å². The number of nitrogens with two attached hydrogens (primary N) is 1. The summed E-state index contributed by atoms with van der Waals surface area (Å²) in [6.45, 7) is 6.92. The Kier molecular flexibility index (Phi) is 3.24. The lowest BCUT2D eigenvalue weighted by Crippen LogP contribution is -2.35. The molecule has 2 atom stereocenters. The van der Waals surface area contributed by atoms with E-state index in [0.717, 1.165) is 17.9 Å². The first-order chi connectivity index (χ1) is 8.00. The molecule has 0 saturated carbocycles. The number of furan rings is 1. The molecule has 1 fully saturated rings. The van der Waals surface area contributed by atoms with Crippen LogP contribution in [0.1, 0.15) is 37.6 Å². The first-order valence-electron chi connectivity index (χ1n) is 6.09. The average Bonchev–Trinajstić information content (AvgIpc) is 2.72. The highest BCUT2D eigenvalue weighted by Gasteiger charge is 2.41.